The number of para-hydroxylation sites is 1. The summed E-state index contributed by atoms with van der Waals surface area (Å²) in [5, 5.41) is 9.85. The van der Waals surface area contributed by atoms with E-state index in [1.807, 2.05) is 0 Å². The molecule has 25 heavy (non-hydrogen) atoms. The van der Waals surface area contributed by atoms with Crippen molar-refractivity contribution < 1.29 is 28.2 Å². The van der Waals surface area contributed by atoms with E-state index >= 15 is 0 Å². The summed E-state index contributed by atoms with van der Waals surface area (Å²) in [6.07, 6.45) is -0.454. The highest BCUT2D eigenvalue weighted by atomic mass is 19.3. The van der Waals surface area contributed by atoms with Gasteiger partial charge >= 0.3 is 6.61 Å². The van der Waals surface area contributed by atoms with Crippen LogP contribution in [0, 0.1) is 0 Å². The standard InChI is InChI=1S/C18H17F2NO4/c19-18(20)25-13-5-3-4-12(10-13)16-11-21(8-9-24-16)17(23)14-6-1-2-7-15(14)22/h1-7,10,16,18,22H,8-9,11H2. The van der Waals surface area contributed by atoms with Gasteiger partial charge in [0.25, 0.3) is 5.91 Å². The van der Waals surface area contributed by atoms with Gasteiger partial charge in [0.15, 0.2) is 0 Å². The summed E-state index contributed by atoms with van der Waals surface area (Å²) in [4.78, 5) is 14.2. The lowest BCUT2D eigenvalue weighted by atomic mass is 10.1. The molecule has 1 saturated heterocycles. The number of morpholine rings is 1. The molecule has 0 radical (unpaired) electrons. The van der Waals surface area contributed by atoms with Gasteiger partial charge in [-0.25, -0.2) is 0 Å². The Morgan fingerprint density at radius 1 is 1.24 bits per heavy atom. The normalized spacial score (nSPS) is 17.6. The topological polar surface area (TPSA) is 59.0 Å². The van der Waals surface area contributed by atoms with Gasteiger partial charge in [0, 0.05) is 6.54 Å². The van der Waals surface area contributed by atoms with Gasteiger partial charge in [-0.15, -0.1) is 0 Å². The quantitative estimate of drug-likeness (QED) is 0.921. The number of carbonyl (C=O) groups excluding carboxylic acids is 1. The van der Waals surface area contributed by atoms with Crippen LogP contribution in [0.4, 0.5) is 8.78 Å². The third-order valence-electron chi connectivity index (χ3n) is 3.94. The Morgan fingerprint density at radius 2 is 2.04 bits per heavy atom. The molecule has 2 aromatic carbocycles. The molecule has 0 spiro atoms. The van der Waals surface area contributed by atoms with Crippen molar-refractivity contribution in [1.82, 2.24) is 4.90 Å². The molecule has 1 heterocycles. The molecule has 0 aromatic heterocycles. The van der Waals surface area contributed by atoms with Gasteiger partial charge in [0.2, 0.25) is 0 Å². The third kappa shape index (κ3) is 4.06. The number of phenols is 1. The fourth-order valence-corrected chi connectivity index (χ4v) is 2.75. The summed E-state index contributed by atoms with van der Waals surface area (Å²) in [6.45, 7) is -1.95. The first-order valence-corrected chi connectivity index (χ1v) is 7.78. The van der Waals surface area contributed by atoms with Gasteiger partial charge in [-0.3, -0.25) is 4.79 Å². The molecule has 1 aliphatic heterocycles. The van der Waals surface area contributed by atoms with Gasteiger partial charge in [0.1, 0.15) is 17.6 Å². The zero-order chi connectivity index (χ0) is 17.8. The summed E-state index contributed by atoms with van der Waals surface area (Å²) in [5.74, 6) is -0.338. The molecule has 0 bridgehead atoms. The number of hydrogen-bond acceptors (Lipinski definition) is 4. The molecule has 0 aliphatic carbocycles. The Balaban J connectivity index is 1.75. The number of phenolic OH excluding ortho intramolecular Hbond substituents is 1. The number of hydrogen-bond donors (Lipinski definition) is 1. The van der Waals surface area contributed by atoms with Crippen LogP contribution in [-0.4, -0.2) is 42.2 Å². The largest absolute Gasteiger partial charge is 0.507 e. The molecule has 1 N–H and O–H groups in total. The molecule has 5 nitrogen and oxygen atoms in total. The molecule has 0 saturated carbocycles. The lowest BCUT2D eigenvalue weighted by Gasteiger charge is -2.33. The van der Waals surface area contributed by atoms with Gasteiger partial charge in [0.05, 0.1) is 18.7 Å². The Labute approximate surface area is 143 Å². The zero-order valence-corrected chi connectivity index (χ0v) is 13.3. The van der Waals surface area contributed by atoms with E-state index in [0.717, 1.165) is 0 Å². The highest BCUT2D eigenvalue weighted by Crippen LogP contribution is 2.28. The van der Waals surface area contributed by atoms with Crippen LogP contribution in [0.1, 0.15) is 22.0 Å². The molecule has 132 valence electrons. The Morgan fingerprint density at radius 3 is 2.80 bits per heavy atom. The van der Waals surface area contributed by atoms with Gasteiger partial charge < -0.3 is 19.5 Å². The van der Waals surface area contributed by atoms with Crippen LogP contribution in [0.3, 0.4) is 0 Å². The van der Waals surface area contributed by atoms with E-state index in [4.69, 9.17) is 4.74 Å². The van der Waals surface area contributed by atoms with E-state index < -0.39 is 12.7 Å². The molecule has 1 amide bonds. The number of halogens is 2. The highest BCUT2D eigenvalue weighted by Gasteiger charge is 2.27. The first-order chi connectivity index (χ1) is 12.0. The molecule has 2 aromatic rings. The van der Waals surface area contributed by atoms with E-state index in [0.29, 0.717) is 18.7 Å². The van der Waals surface area contributed by atoms with Crippen molar-refractivity contribution in [2.75, 3.05) is 19.7 Å². The predicted molar refractivity (Wildman–Crippen MR) is 85.8 cm³/mol. The van der Waals surface area contributed by atoms with Crippen LogP contribution in [0.25, 0.3) is 0 Å². The minimum absolute atomic E-state index is 0.0419. The van der Waals surface area contributed by atoms with Gasteiger partial charge in [-0.1, -0.05) is 24.3 Å². The Kier molecular flexibility index (Phi) is 5.14. The maximum absolute atomic E-state index is 12.6. The van der Waals surface area contributed by atoms with Crippen molar-refractivity contribution >= 4 is 5.91 Å². The number of rotatable bonds is 4. The van der Waals surface area contributed by atoms with Crippen molar-refractivity contribution in [3.8, 4) is 11.5 Å². The smallest absolute Gasteiger partial charge is 0.387 e. The minimum Gasteiger partial charge on any atom is -0.507 e. The number of nitrogens with zero attached hydrogens (tertiary/aromatic N) is 1. The fraction of sp³-hybridized carbons (Fsp3) is 0.278. The summed E-state index contributed by atoms with van der Waals surface area (Å²) in [5.41, 5.74) is 0.867. The van der Waals surface area contributed by atoms with Crippen LogP contribution >= 0.6 is 0 Å². The van der Waals surface area contributed by atoms with Crippen LogP contribution < -0.4 is 4.74 Å². The Hall–Kier alpha value is -2.67. The molecule has 3 rings (SSSR count). The first kappa shape index (κ1) is 17.2. The van der Waals surface area contributed by atoms with Crippen molar-refractivity contribution in [2.24, 2.45) is 0 Å². The lowest BCUT2D eigenvalue weighted by molar-refractivity contribution is -0.0504. The average Bonchev–Trinajstić information content (AvgIpc) is 2.61. The monoisotopic (exact) mass is 349 g/mol. The molecule has 1 fully saturated rings. The number of carbonyl (C=O) groups is 1. The van der Waals surface area contributed by atoms with E-state index in [-0.39, 0.29) is 29.5 Å². The van der Waals surface area contributed by atoms with Crippen molar-refractivity contribution in [1.29, 1.82) is 0 Å². The van der Waals surface area contributed by atoms with E-state index in [1.54, 1.807) is 35.2 Å². The highest BCUT2D eigenvalue weighted by molar-refractivity contribution is 5.96. The maximum Gasteiger partial charge on any atom is 0.387 e. The van der Waals surface area contributed by atoms with Crippen molar-refractivity contribution in [2.45, 2.75) is 12.7 Å². The molecule has 1 unspecified atom stereocenters. The van der Waals surface area contributed by atoms with Crippen LogP contribution in [0.15, 0.2) is 48.5 Å². The zero-order valence-electron chi connectivity index (χ0n) is 13.3. The average molecular weight is 349 g/mol. The van der Waals surface area contributed by atoms with E-state index in [2.05, 4.69) is 4.74 Å². The number of ether oxygens (including phenoxy) is 2. The number of benzene rings is 2. The second-order valence-corrected chi connectivity index (χ2v) is 5.58. The summed E-state index contributed by atoms with van der Waals surface area (Å²) < 4.78 is 34.8. The molecule has 1 aliphatic rings. The van der Waals surface area contributed by atoms with Crippen molar-refractivity contribution in [3.63, 3.8) is 0 Å². The van der Waals surface area contributed by atoms with Gasteiger partial charge in [-0.2, -0.15) is 8.78 Å². The summed E-state index contributed by atoms with van der Waals surface area (Å²) in [6, 6.07) is 12.6. The summed E-state index contributed by atoms with van der Waals surface area (Å²) >= 11 is 0. The minimum atomic E-state index is -2.90. The number of amides is 1. The SMILES string of the molecule is O=C(c1ccccc1O)N1CCOC(c2cccc(OC(F)F)c2)C1. The van der Waals surface area contributed by atoms with Crippen LogP contribution in [-0.2, 0) is 4.74 Å². The lowest BCUT2D eigenvalue weighted by Crippen LogP contribution is -2.42. The predicted octanol–water partition coefficient (Wildman–Crippen LogP) is 3.21. The van der Waals surface area contributed by atoms with Crippen LogP contribution in [0.5, 0.6) is 11.5 Å². The maximum atomic E-state index is 12.6. The van der Waals surface area contributed by atoms with Crippen molar-refractivity contribution in [3.05, 3.63) is 59.7 Å². The molecule has 1 atom stereocenters. The Bertz CT molecular complexity index is 753. The third-order valence-corrected chi connectivity index (χ3v) is 3.94. The van der Waals surface area contributed by atoms with E-state index in [1.165, 1.54) is 18.2 Å². The van der Waals surface area contributed by atoms with Gasteiger partial charge in [-0.05, 0) is 29.8 Å². The van der Waals surface area contributed by atoms with Crippen LogP contribution in [0.2, 0.25) is 0 Å². The first-order valence-electron chi connectivity index (χ1n) is 7.78. The number of aromatic hydroxyl groups is 1. The van der Waals surface area contributed by atoms with E-state index in [9.17, 15) is 18.7 Å². The second-order valence-electron chi connectivity index (χ2n) is 5.58. The molecule has 7 heteroatoms. The second kappa shape index (κ2) is 7.48. The molecular weight excluding hydrogens is 332 g/mol. The summed E-state index contributed by atoms with van der Waals surface area (Å²) in [7, 11) is 0. The fourth-order valence-electron chi connectivity index (χ4n) is 2.75. The number of alkyl halides is 2. The molecular formula is C18H17F2NO4.